The third-order valence-corrected chi connectivity index (χ3v) is 2.56. The minimum atomic E-state index is 0.250. The maximum Gasteiger partial charge on any atom is 0.0947 e. The lowest BCUT2D eigenvalue weighted by molar-refractivity contribution is 0.246. The van der Waals surface area contributed by atoms with Crippen LogP contribution in [0.4, 0.5) is 0 Å². The van der Waals surface area contributed by atoms with Crippen LogP contribution in [-0.4, -0.2) is 17.8 Å². The van der Waals surface area contributed by atoms with Crippen LogP contribution >= 0.6 is 0 Å². The summed E-state index contributed by atoms with van der Waals surface area (Å²) in [6.45, 7) is 1.07. The molecule has 1 heterocycles. The zero-order valence-corrected chi connectivity index (χ0v) is 8.02. The van der Waals surface area contributed by atoms with Gasteiger partial charge in [0.15, 0.2) is 0 Å². The minimum absolute atomic E-state index is 0.250. The fraction of sp³-hybridized carbons (Fsp3) is 0.455. The Labute approximate surface area is 83.4 Å². The van der Waals surface area contributed by atoms with Gasteiger partial charge in [-0.15, -0.1) is 0 Å². The average molecular weight is 193 g/mol. The molecule has 2 rings (SSSR count). The van der Waals surface area contributed by atoms with E-state index in [2.05, 4.69) is 17.5 Å². The van der Waals surface area contributed by atoms with E-state index in [1.165, 1.54) is 0 Å². The molecule has 0 saturated carbocycles. The second kappa shape index (κ2) is 4.44. The fourth-order valence-electron chi connectivity index (χ4n) is 1.70. The molecule has 0 aliphatic heterocycles. The molecule has 1 aromatic rings. The zero-order valence-electron chi connectivity index (χ0n) is 8.02. The van der Waals surface area contributed by atoms with Crippen LogP contribution in [-0.2, 0) is 6.54 Å². The predicted molar refractivity (Wildman–Crippen MR) is 53.7 cm³/mol. The van der Waals surface area contributed by atoms with Gasteiger partial charge in [0, 0.05) is 30.7 Å². The van der Waals surface area contributed by atoms with Crippen LogP contribution in [0.1, 0.15) is 12.0 Å². The van der Waals surface area contributed by atoms with E-state index in [-0.39, 0.29) is 6.61 Å². The highest BCUT2D eigenvalue weighted by Gasteiger charge is 2.17. The van der Waals surface area contributed by atoms with Crippen molar-refractivity contribution in [3.05, 3.63) is 36.3 Å². The Morgan fingerprint density at radius 1 is 1.50 bits per heavy atom. The second-order valence-electron chi connectivity index (χ2n) is 3.68. The molecule has 1 aliphatic rings. The molecule has 3 nitrogen and oxygen atoms in total. The van der Waals surface area contributed by atoms with Crippen LogP contribution in [0.25, 0.3) is 0 Å². The summed E-state index contributed by atoms with van der Waals surface area (Å²) >= 11 is 0. The summed E-state index contributed by atoms with van der Waals surface area (Å²) in [5.41, 5.74) is 1.16. The van der Waals surface area contributed by atoms with Gasteiger partial charge in [-0.2, -0.15) is 0 Å². The molecule has 0 spiro atoms. The molecule has 3 heteroatoms. The summed E-state index contributed by atoms with van der Waals surface area (Å²) in [7, 11) is 0. The molecule has 0 amide bonds. The first-order valence-electron chi connectivity index (χ1n) is 4.92. The Hall–Kier alpha value is -1.06. The van der Waals surface area contributed by atoms with Crippen molar-refractivity contribution in [3.8, 4) is 0 Å². The average Bonchev–Trinajstić information content (AvgIpc) is 2.86. The number of nitrogens with one attached hydrogen (secondary N) is 1. The summed E-state index contributed by atoms with van der Waals surface area (Å²) in [4.78, 5) is 0. The molecule has 0 aromatic carbocycles. The van der Waals surface area contributed by atoms with E-state index in [4.69, 9.17) is 9.52 Å². The van der Waals surface area contributed by atoms with Gasteiger partial charge >= 0.3 is 0 Å². The molecule has 76 valence electrons. The molecular weight excluding hydrogens is 178 g/mol. The van der Waals surface area contributed by atoms with E-state index < -0.39 is 0 Å². The van der Waals surface area contributed by atoms with Crippen LogP contribution < -0.4 is 5.32 Å². The Balaban J connectivity index is 1.75. The highest BCUT2D eigenvalue weighted by Crippen LogP contribution is 2.17. The van der Waals surface area contributed by atoms with Crippen LogP contribution in [0.15, 0.2) is 35.2 Å². The van der Waals surface area contributed by atoms with Crippen molar-refractivity contribution in [2.75, 3.05) is 6.61 Å². The Kier molecular flexibility index (Phi) is 3.01. The lowest BCUT2D eigenvalue weighted by Crippen LogP contribution is -2.25. The second-order valence-corrected chi connectivity index (χ2v) is 3.68. The molecule has 0 bridgehead atoms. The Bertz CT molecular complexity index is 292. The number of hydrogen-bond acceptors (Lipinski definition) is 3. The van der Waals surface area contributed by atoms with E-state index in [0.29, 0.717) is 12.0 Å². The molecule has 2 atom stereocenters. The van der Waals surface area contributed by atoms with E-state index >= 15 is 0 Å². The molecular formula is C11H15NO2. The number of rotatable bonds is 4. The summed E-state index contributed by atoms with van der Waals surface area (Å²) in [6.07, 6.45) is 8.62. The van der Waals surface area contributed by atoms with Gasteiger partial charge in [0.05, 0.1) is 12.5 Å². The van der Waals surface area contributed by atoms with Crippen LogP contribution in [0.3, 0.4) is 0 Å². The zero-order chi connectivity index (χ0) is 9.80. The minimum Gasteiger partial charge on any atom is -0.472 e. The normalized spacial score (nSPS) is 25.8. The molecule has 0 radical (unpaired) electrons. The SMILES string of the molecule is OC[C@H]1C=C[C@@H](NCc2ccoc2)C1. The lowest BCUT2D eigenvalue weighted by atomic mass is 10.1. The summed E-state index contributed by atoms with van der Waals surface area (Å²) < 4.78 is 4.97. The van der Waals surface area contributed by atoms with Gasteiger partial charge < -0.3 is 14.8 Å². The lowest BCUT2D eigenvalue weighted by Gasteiger charge is -2.11. The van der Waals surface area contributed by atoms with E-state index in [1.807, 2.05) is 6.07 Å². The van der Waals surface area contributed by atoms with Crippen molar-refractivity contribution in [2.45, 2.75) is 19.0 Å². The number of furan rings is 1. The van der Waals surface area contributed by atoms with Crippen LogP contribution in [0, 0.1) is 5.92 Å². The summed E-state index contributed by atoms with van der Waals surface area (Å²) in [6, 6.07) is 2.34. The monoisotopic (exact) mass is 193 g/mol. The fourth-order valence-corrected chi connectivity index (χ4v) is 1.70. The van der Waals surface area contributed by atoms with Crippen molar-refractivity contribution in [3.63, 3.8) is 0 Å². The van der Waals surface area contributed by atoms with Gasteiger partial charge in [0.25, 0.3) is 0 Å². The predicted octanol–water partition coefficient (Wildman–Crippen LogP) is 1.31. The van der Waals surface area contributed by atoms with Gasteiger partial charge in [0.1, 0.15) is 0 Å². The van der Waals surface area contributed by atoms with E-state index in [1.54, 1.807) is 12.5 Å². The van der Waals surface area contributed by atoms with Gasteiger partial charge in [-0.25, -0.2) is 0 Å². The molecule has 2 N–H and O–H groups in total. The Morgan fingerprint density at radius 3 is 3.07 bits per heavy atom. The van der Waals surface area contributed by atoms with Gasteiger partial charge in [-0.1, -0.05) is 12.2 Å². The molecule has 1 aliphatic carbocycles. The molecule has 0 unspecified atom stereocenters. The van der Waals surface area contributed by atoms with Gasteiger partial charge in [-0.05, 0) is 12.5 Å². The maximum absolute atomic E-state index is 8.94. The molecule has 14 heavy (non-hydrogen) atoms. The first-order valence-corrected chi connectivity index (χ1v) is 4.92. The van der Waals surface area contributed by atoms with Gasteiger partial charge in [-0.3, -0.25) is 0 Å². The largest absolute Gasteiger partial charge is 0.472 e. The topological polar surface area (TPSA) is 45.4 Å². The quantitative estimate of drug-likeness (QED) is 0.709. The van der Waals surface area contributed by atoms with E-state index in [9.17, 15) is 0 Å². The maximum atomic E-state index is 8.94. The molecule has 1 aromatic heterocycles. The van der Waals surface area contributed by atoms with E-state index in [0.717, 1.165) is 18.5 Å². The van der Waals surface area contributed by atoms with Crippen molar-refractivity contribution >= 4 is 0 Å². The van der Waals surface area contributed by atoms with Crippen molar-refractivity contribution < 1.29 is 9.52 Å². The first kappa shape index (κ1) is 9.49. The van der Waals surface area contributed by atoms with Crippen molar-refractivity contribution in [2.24, 2.45) is 5.92 Å². The van der Waals surface area contributed by atoms with Crippen LogP contribution in [0.2, 0.25) is 0 Å². The number of hydrogen-bond donors (Lipinski definition) is 2. The highest BCUT2D eigenvalue weighted by molar-refractivity contribution is 5.09. The number of aliphatic hydroxyl groups excluding tert-OH is 1. The third kappa shape index (κ3) is 2.25. The van der Waals surface area contributed by atoms with Crippen molar-refractivity contribution in [1.29, 1.82) is 0 Å². The smallest absolute Gasteiger partial charge is 0.0947 e. The molecule has 0 saturated heterocycles. The summed E-state index contributed by atoms with van der Waals surface area (Å²) in [5.74, 6) is 0.330. The van der Waals surface area contributed by atoms with Crippen molar-refractivity contribution in [1.82, 2.24) is 5.32 Å². The Morgan fingerprint density at radius 2 is 2.43 bits per heavy atom. The number of aliphatic hydroxyl groups is 1. The summed E-state index contributed by atoms with van der Waals surface area (Å²) in [5, 5.41) is 12.3. The van der Waals surface area contributed by atoms with Crippen LogP contribution in [0.5, 0.6) is 0 Å². The standard InChI is InChI=1S/C11H15NO2/c13-7-9-1-2-11(5-9)12-6-10-3-4-14-8-10/h1-4,8-9,11-13H,5-7H2/t9-,11+/m0/s1. The third-order valence-electron chi connectivity index (χ3n) is 2.56. The van der Waals surface area contributed by atoms with Gasteiger partial charge in [0.2, 0.25) is 0 Å². The highest BCUT2D eigenvalue weighted by atomic mass is 16.3. The molecule has 0 fully saturated rings. The first-order chi connectivity index (χ1) is 6.88.